The number of hydrogen-bond donors (Lipinski definition) is 1. The molecule has 1 N–H and O–H groups in total. The minimum absolute atomic E-state index is 0.0186. The fourth-order valence-corrected chi connectivity index (χ4v) is 6.00. The van der Waals surface area contributed by atoms with Crippen LogP contribution in [0.3, 0.4) is 0 Å². The van der Waals surface area contributed by atoms with Crippen molar-refractivity contribution in [2.24, 2.45) is 11.8 Å². The summed E-state index contributed by atoms with van der Waals surface area (Å²) in [5.41, 5.74) is 0.258. The van der Waals surface area contributed by atoms with Crippen molar-refractivity contribution < 1.29 is 14.4 Å². The van der Waals surface area contributed by atoms with Gasteiger partial charge in [0.2, 0.25) is 5.91 Å². The molecule has 2 atom stereocenters. The van der Waals surface area contributed by atoms with Crippen molar-refractivity contribution in [2.75, 3.05) is 60.4 Å². The van der Waals surface area contributed by atoms with Gasteiger partial charge in [0.25, 0.3) is 5.91 Å². The summed E-state index contributed by atoms with van der Waals surface area (Å²) in [5.74, 6) is 0.249. The van der Waals surface area contributed by atoms with E-state index in [1.165, 1.54) is 4.90 Å². The van der Waals surface area contributed by atoms with Crippen LogP contribution in [0, 0.1) is 11.8 Å². The Balaban J connectivity index is 1.47. The summed E-state index contributed by atoms with van der Waals surface area (Å²) in [6.45, 7) is 4.21. The topological polar surface area (TPSA) is 76.2 Å². The van der Waals surface area contributed by atoms with Crippen molar-refractivity contribution in [3.05, 3.63) is 35.9 Å². The molecule has 8 heteroatoms. The molecule has 0 radical (unpaired) electrons. The van der Waals surface area contributed by atoms with Crippen molar-refractivity contribution in [1.29, 1.82) is 0 Å². The van der Waals surface area contributed by atoms with Gasteiger partial charge in [0.15, 0.2) is 0 Å². The number of benzene rings is 1. The van der Waals surface area contributed by atoms with Gasteiger partial charge in [-0.05, 0) is 77.7 Å². The highest BCUT2D eigenvalue weighted by Gasteiger charge is 2.55. The summed E-state index contributed by atoms with van der Waals surface area (Å²) in [5, 5.41) is 3.15. The zero-order chi connectivity index (χ0) is 25.0. The Bertz CT molecular complexity index is 899. The van der Waals surface area contributed by atoms with E-state index in [2.05, 4.69) is 29.4 Å². The molecule has 0 bridgehead atoms. The molecule has 4 amide bonds. The first kappa shape index (κ1) is 25.6. The summed E-state index contributed by atoms with van der Waals surface area (Å²) in [7, 11) is 5.97. The van der Waals surface area contributed by atoms with E-state index in [1.807, 2.05) is 42.1 Å². The van der Waals surface area contributed by atoms with E-state index in [1.54, 1.807) is 0 Å². The lowest BCUT2D eigenvalue weighted by Gasteiger charge is -2.42. The van der Waals surface area contributed by atoms with Gasteiger partial charge >= 0.3 is 6.03 Å². The fraction of sp³-hybridized carbons (Fsp3) is 0.667. The third-order valence-electron chi connectivity index (χ3n) is 8.10. The first-order chi connectivity index (χ1) is 16.8. The molecule has 8 nitrogen and oxygen atoms in total. The normalized spacial score (nSPS) is 26.5. The van der Waals surface area contributed by atoms with E-state index in [0.29, 0.717) is 32.6 Å². The monoisotopic (exact) mass is 483 g/mol. The smallest absolute Gasteiger partial charge is 0.325 e. The first-order valence-electron chi connectivity index (χ1n) is 13.1. The van der Waals surface area contributed by atoms with Crippen LogP contribution in [0.2, 0.25) is 0 Å². The maximum Gasteiger partial charge on any atom is 0.325 e. The van der Waals surface area contributed by atoms with Gasteiger partial charge in [-0.2, -0.15) is 0 Å². The molecule has 0 spiro atoms. The van der Waals surface area contributed by atoms with Gasteiger partial charge in [0.05, 0.1) is 5.92 Å². The van der Waals surface area contributed by atoms with Crippen molar-refractivity contribution in [3.8, 4) is 0 Å². The number of nitrogens with zero attached hydrogens (tertiary/aromatic N) is 4. The zero-order valence-electron chi connectivity index (χ0n) is 21.5. The molecule has 3 heterocycles. The van der Waals surface area contributed by atoms with E-state index >= 15 is 0 Å². The molecule has 3 saturated heterocycles. The lowest BCUT2D eigenvalue weighted by atomic mass is 9.74. The van der Waals surface area contributed by atoms with Gasteiger partial charge in [-0.1, -0.05) is 30.3 Å². The number of rotatable bonds is 8. The summed E-state index contributed by atoms with van der Waals surface area (Å²) in [4.78, 5) is 47.6. The fourth-order valence-electron chi connectivity index (χ4n) is 6.00. The number of carbonyl (C=O) groups excluding carboxylic acids is 3. The molecule has 3 aliphatic rings. The molecule has 1 aromatic rings. The number of likely N-dealkylation sites (tertiary alicyclic amines) is 2. The average Bonchev–Trinajstić information content (AvgIpc) is 3.11. The van der Waals surface area contributed by atoms with Crippen LogP contribution < -0.4 is 5.32 Å². The van der Waals surface area contributed by atoms with Crippen LogP contribution in [0.25, 0.3) is 0 Å². The number of hydrogen-bond acceptors (Lipinski definition) is 5. The zero-order valence-corrected chi connectivity index (χ0v) is 21.5. The predicted octanol–water partition coefficient (Wildman–Crippen LogP) is 2.05. The quantitative estimate of drug-likeness (QED) is 0.573. The second-order valence-corrected chi connectivity index (χ2v) is 10.8. The van der Waals surface area contributed by atoms with Crippen molar-refractivity contribution in [2.45, 2.75) is 44.1 Å². The first-order valence-corrected chi connectivity index (χ1v) is 13.1. The lowest BCUT2D eigenvalue weighted by molar-refractivity contribution is -0.140. The van der Waals surface area contributed by atoms with Gasteiger partial charge < -0.3 is 20.0 Å². The van der Waals surface area contributed by atoms with Gasteiger partial charge in [-0.15, -0.1) is 0 Å². The van der Waals surface area contributed by atoms with Crippen LogP contribution in [-0.2, 0) is 16.0 Å². The molecule has 3 aliphatic heterocycles. The minimum atomic E-state index is -0.903. The third-order valence-corrected chi connectivity index (χ3v) is 8.10. The molecule has 35 heavy (non-hydrogen) atoms. The molecule has 4 rings (SSSR count). The summed E-state index contributed by atoms with van der Waals surface area (Å²) in [6, 6.07) is 9.86. The van der Waals surface area contributed by atoms with Crippen molar-refractivity contribution >= 4 is 17.8 Å². The van der Waals surface area contributed by atoms with Gasteiger partial charge in [0, 0.05) is 32.7 Å². The van der Waals surface area contributed by atoms with Crippen LogP contribution in [0.1, 0.15) is 37.7 Å². The molecular formula is C27H41N5O3. The van der Waals surface area contributed by atoms with Crippen LogP contribution in [0.5, 0.6) is 0 Å². The summed E-state index contributed by atoms with van der Waals surface area (Å²) in [6.07, 6.45) is 4.79. The molecule has 0 aromatic heterocycles. The van der Waals surface area contributed by atoms with Crippen LogP contribution in [-0.4, -0.2) is 103 Å². The highest BCUT2D eigenvalue weighted by atomic mass is 16.2. The second-order valence-electron chi connectivity index (χ2n) is 10.8. The number of carbonyl (C=O) groups is 3. The number of nitrogens with one attached hydrogen (secondary N) is 1. The Morgan fingerprint density at radius 2 is 1.80 bits per heavy atom. The number of urea groups is 1. The van der Waals surface area contributed by atoms with E-state index in [9.17, 15) is 14.4 Å². The number of likely N-dealkylation sites (N-methyl/N-ethyl adjacent to an activating group) is 1. The molecule has 0 saturated carbocycles. The predicted molar refractivity (Wildman–Crippen MR) is 136 cm³/mol. The van der Waals surface area contributed by atoms with Crippen LogP contribution >= 0.6 is 0 Å². The Kier molecular flexibility index (Phi) is 8.12. The minimum Gasteiger partial charge on any atom is -0.342 e. The van der Waals surface area contributed by atoms with Gasteiger partial charge in [-0.3, -0.25) is 14.5 Å². The second kappa shape index (κ2) is 11.1. The Hall–Kier alpha value is -2.45. The maximum atomic E-state index is 13.8. The Morgan fingerprint density at radius 1 is 1.09 bits per heavy atom. The van der Waals surface area contributed by atoms with Crippen molar-refractivity contribution in [3.63, 3.8) is 0 Å². The average molecular weight is 484 g/mol. The number of amides is 4. The van der Waals surface area contributed by atoms with Gasteiger partial charge in [0.1, 0.15) is 5.54 Å². The number of piperidine rings is 2. The maximum absolute atomic E-state index is 13.8. The molecule has 1 aromatic carbocycles. The highest BCUT2D eigenvalue weighted by molar-refractivity contribution is 6.07. The van der Waals surface area contributed by atoms with Gasteiger partial charge in [-0.25, -0.2) is 4.79 Å². The number of aryl methyl sites for hydroxylation is 1. The van der Waals surface area contributed by atoms with Crippen molar-refractivity contribution in [1.82, 2.24) is 24.9 Å². The van der Waals surface area contributed by atoms with E-state index in [0.717, 1.165) is 50.8 Å². The molecule has 3 fully saturated rings. The molecule has 0 aliphatic carbocycles. The molecular weight excluding hydrogens is 442 g/mol. The molecule has 192 valence electrons. The molecule has 0 unspecified atom stereocenters. The van der Waals surface area contributed by atoms with E-state index < -0.39 is 5.54 Å². The van der Waals surface area contributed by atoms with Crippen LogP contribution in [0.4, 0.5) is 4.79 Å². The Labute approximate surface area is 209 Å². The number of imide groups is 1. The Morgan fingerprint density at radius 3 is 2.46 bits per heavy atom. The summed E-state index contributed by atoms with van der Waals surface area (Å²) >= 11 is 0. The largest absolute Gasteiger partial charge is 0.342 e. The lowest BCUT2D eigenvalue weighted by Crippen LogP contribution is -2.57. The van der Waals surface area contributed by atoms with Crippen LogP contribution in [0.15, 0.2) is 30.3 Å². The standard InChI is InChI=1S/C27H41N5O3/c1-29(2)18-19-32-25(34)27(28-26(32)35,14-11-21-8-5-4-6-9-21)23-12-16-31(17-13-23)24(33)22-10-7-15-30(3)20-22/h4-6,8-9,22-23H,7,10-20H2,1-3H3,(H,28,35)/t22-,27-/m1/s1. The van der Waals surface area contributed by atoms with E-state index in [-0.39, 0.29) is 29.7 Å². The SMILES string of the molecule is CN(C)CCN1C(=O)N[C@](CCc2ccccc2)(C2CCN(C(=O)[C@@H]3CCCN(C)C3)CC2)C1=O. The highest BCUT2D eigenvalue weighted by Crippen LogP contribution is 2.37. The third kappa shape index (κ3) is 5.70. The van der Waals surface area contributed by atoms with E-state index in [4.69, 9.17) is 0 Å². The summed E-state index contributed by atoms with van der Waals surface area (Å²) < 4.78 is 0.